The molecular weight excluding hydrogens is 200 g/mol. The van der Waals surface area contributed by atoms with Crippen LogP contribution >= 0.6 is 0 Å². The fraction of sp³-hybridized carbons (Fsp3) is 0.333. The number of amides is 2. The van der Waals surface area contributed by atoms with Crippen LogP contribution in [0.2, 0.25) is 0 Å². The first kappa shape index (κ1) is 15.5. The van der Waals surface area contributed by atoms with E-state index < -0.39 is 12.0 Å². The van der Waals surface area contributed by atoms with Crippen LogP contribution in [-0.2, 0) is 4.79 Å². The van der Waals surface area contributed by atoms with E-state index in [-0.39, 0.29) is 5.76 Å². The van der Waals surface area contributed by atoms with Crippen molar-refractivity contribution in [2.75, 3.05) is 6.54 Å². The first-order valence-electron chi connectivity index (χ1n) is 4.22. The zero-order valence-electron chi connectivity index (χ0n) is 8.56. The molecule has 86 valence electrons. The predicted molar refractivity (Wildman–Crippen MR) is 56.4 cm³/mol. The number of rotatable bonds is 4. The molecule has 2 amide bonds. The average Bonchev–Trinajstić information content (AvgIpc) is 2.16. The molecule has 15 heavy (non-hydrogen) atoms. The number of nitrogens with two attached hydrogens (primary N) is 1. The van der Waals surface area contributed by atoms with Gasteiger partial charge in [0, 0.05) is 6.54 Å². The Kier molecular flexibility index (Phi) is 10.4. The van der Waals surface area contributed by atoms with Crippen LogP contribution in [0.25, 0.3) is 0 Å². The first-order valence-corrected chi connectivity index (χ1v) is 4.22. The quantitative estimate of drug-likeness (QED) is 0.315. The molecule has 0 rings (SSSR count). The van der Waals surface area contributed by atoms with Gasteiger partial charge < -0.3 is 21.3 Å². The summed E-state index contributed by atoms with van der Waals surface area (Å²) in [6, 6.07) is 0. The van der Waals surface area contributed by atoms with E-state index in [2.05, 4.69) is 17.6 Å². The van der Waals surface area contributed by atoms with Crippen LogP contribution in [0, 0.1) is 0 Å². The highest BCUT2D eigenvalue weighted by Crippen LogP contribution is 1.87. The number of aliphatic hydroxyl groups is 1. The lowest BCUT2D eigenvalue weighted by Crippen LogP contribution is -2.19. The smallest absolute Gasteiger partial charge is 0.404 e. The number of carboxylic acid groups (broad SMARTS) is 1. The Labute approximate surface area is 88.1 Å². The largest absolute Gasteiger partial charge is 0.503 e. The van der Waals surface area contributed by atoms with Crippen LogP contribution in [-0.4, -0.2) is 28.8 Å². The Bertz CT molecular complexity index is 248. The Morgan fingerprint density at radius 2 is 2.00 bits per heavy atom. The summed E-state index contributed by atoms with van der Waals surface area (Å²) in [4.78, 5) is 19.6. The molecule has 0 aromatic rings. The normalized spacial score (nSPS) is 9.53. The highest BCUT2D eigenvalue weighted by molar-refractivity contribution is 5.89. The molecule has 0 spiro atoms. The summed E-state index contributed by atoms with van der Waals surface area (Å²) in [5.74, 6) is -1.13. The maximum atomic E-state index is 9.99. The third-order valence-electron chi connectivity index (χ3n) is 1.05. The lowest BCUT2D eigenvalue weighted by atomic mass is 10.4. The van der Waals surface area contributed by atoms with Gasteiger partial charge in [0.05, 0.1) is 0 Å². The van der Waals surface area contributed by atoms with Crippen molar-refractivity contribution in [2.24, 2.45) is 5.73 Å². The van der Waals surface area contributed by atoms with Crippen molar-refractivity contribution in [3.8, 4) is 0 Å². The molecule has 0 aliphatic carbocycles. The molecule has 0 atom stereocenters. The molecule has 6 heteroatoms. The maximum absolute atomic E-state index is 9.99. The Morgan fingerprint density at radius 1 is 1.47 bits per heavy atom. The summed E-state index contributed by atoms with van der Waals surface area (Å²) in [7, 11) is 0. The number of carbonyl (C=O) groups is 2. The molecule has 0 aliphatic heterocycles. The molecule has 0 heterocycles. The molecule has 0 saturated carbocycles. The van der Waals surface area contributed by atoms with E-state index in [0.29, 0.717) is 13.0 Å². The molecule has 0 radical (unpaired) electrons. The number of hydrogen-bond acceptors (Lipinski definition) is 3. The zero-order valence-corrected chi connectivity index (χ0v) is 8.56. The minimum absolute atomic E-state index is 0.315. The summed E-state index contributed by atoms with van der Waals surface area (Å²) >= 11 is 0. The van der Waals surface area contributed by atoms with Crippen molar-refractivity contribution in [1.82, 2.24) is 5.32 Å². The van der Waals surface area contributed by atoms with Gasteiger partial charge in [-0.1, -0.05) is 13.0 Å². The standard InChI is InChI=1S/C5H9NO2.C4H7NO2/c1-2-3-4(7)5(6)8;1-2-3-5-4(6)7/h3,7H,2H2,1H3,(H2,6,8);2,5H,1,3H2,(H,6,7)/b4-3-;. The van der Waals surface area contributed by atoms with Gasteiger partial charge >= 0.3 is 6.09 Å². The monoisotopic (exact) mass is 216 g/mol. The van der Waals surface area contributed by atoms with Gasteiger partial charge in [0.2, 0.25) is 0 Å². The average molecular weight is 216 g/mol. The van der Waals surface area contributed by atoms with Crippen molar-refractivity contribution in [3.05, 3.63) is 24.5 Å². The molecule has 0 aromatic carbocycles. The van der Waals surface area contributed by atoms with E-state index in [4.69, 9.17) is 10.2 Å². The molecule has 0 saturated heterocycles. The Hall–Kier alpha value is -1.98. The van der Waals surface area contributed by atoms with Crippen LogP contribution in [0.4, 0.5) is 4.79 Å². The lowest BCUT2D eigenvalue weighted by Gasteiger charge is -1.88. The van der Waals surface area contributed by atoms with E-state index in [0.717, 1.165) is 0 Å². The van der Waals surface area contributed by atoms with Gasteiger partial charge in [0.25, 0.3) is 5.91 Å². The third kappa shape index (κ3) is 14.8. The molecule has 0 fully saturated rings. The highest BCUT2D eigenvalue weighted by Gasteiger charge is 1.96. The summed E-state index contributed by atoms with van der Waals surface area (Å²) in [5, 5.41) is 18.5. The molecular formula is C9H16N2O4. The van der Waals surface area contributed by atoms with Crippen LogP contribution in [0.3, 0.4) is 0 Å². The minimum Gasteiger partial charge on any atom is -0.503 e. The van der Waals surface area contributed by atoms with Crippen LogP contribution in [0.1, 0.15) is 13.3 Å². The van der Waals surface area contributed by atoms with Crippen LogP contribution in [0.5, 0.6) is 0 Å². The number of hydrogen-bond donors (Lipinski definition) is 4. The molecule has 0 aromatic heterocycles. The highest BCUT2D eigenvalue weighted by atomic mass is 16.4. The Morgan fingerprint density at radius 3 is 2.13 bits per heavy atom. The second-order valence-electron chi connectivity index (χ2n) is 2.34. The molecule has 0 unspecified atom stereocenters. The third-order valence-corrected chi connectivity index (χ3v) is 1.05. The second-order valence-corrected chi connectivity index (χ2v) is 2.34. The van der Waals surface area contributed by atoms with Gasteiger partial charge in [0.15, 0.2) is 5.76 Å². The number of primary amides is 1. The van der Waals surface area contributed by atoms with Gasteiger partial charge in [-0.25, -0.2) is 4.79 Å². The van der Waals surface area contributed by atoms with Crippen LogP contribution < -0.4 is 11.1 Å². The van der Waals surface area contributed by atoms with E-state index in [1.165, 1.54) is 12.2 Å². The Balaban J connectivity index is 0. The number of allylic oxidation sites excluding steroid dienone is 1. The summed E-state index contributed by atoms with van der Waals surface area (Å²) in [6.45, 7) is 5.43. The molecule has 6 nitrogen and oxygen atoms in total. The first-order chi connectivity index (χ1) is 6.95. The van der Waals surface area contributed by atoms with Crippen molar-refractivity contribution in [3.63, 3.8) is 0 Å². The molecule has 5 N–H and O–H groups in total. The van der Waals surface area contributed by atoms with E-state index in [1.54, 1.807) is 6.92 Å². The minimum atomic E-state index is -1.01. The summed E-state index contributed by atoms with van der Waals surface area (Å²) < 4.78 is 0. The van der Waals surface area contributed by atoms with Gasteiger partial charge in [-0.2, -0.15) is 0 Å². The zero-order chi connectivity index (χ0) is 12.3. The van der Waals surface area contributed by atoms with Crippen LogP contribution in [0.15, 0.2) is 24.5 Å². The number of carbonyl (C=O) groups excluding carboxylic acids is 1. The molecule has 0 aliphatic rings. The fourth-order valence-electron chi connectivity index (χ4n) is 0.453. The van der Waals surface area contributed by atoms with Gasteiger partial charge in [-0.3, -0.25) is 4.79 Å². The maximum Gasteiger partial charge on any atom is 0.404 e. The second kappa shape index (κ2) is 10.1. The fourth-order valence-corrected chi connectivity index (χ4v) is 0.453. The van der Waals surface area contributed by atoms with Crippen molar-refractivity contribution < 1.29 is 19.8 Å². The lowest BCUT2D eigenvalue weighted by molar-refractivity contribution is -0.116. The van der Waals surface area contributed by atoms with Gasteiger partial charge in [-0.05, 0) is 12.5 Å². The van der Waals surface area contributed by atoms with E-state index in [9.17, 15) is 9.59 Å². The van der Waals surface area contributed by atoms with Gasteiger partial charge in [-0.15, -0.1) is 6.58 Å². The van der Waals surface area contributed by atoms with Gasteiger partial charge in [0.1, 0.15) is 0 Å². The van der Waals surface area contributed by atoms with Crippen molar-refractivity contribution in [2.45, 2.75) is 13.3 Å². The number of nitrogens with one attached hydrogen (secondary N) is 1. The molecule has 0 bridgehead atoms. The topological polar surface area (TPSA) is 113 Å². The summed E-state index contributed by atoms with van der Waals surface area (Å²) in [6.07, 6.45) is 2.45. The number of aliphatic hydroxyl groups excluding tert-OH is 1. The van der Waals surface area contributed by atoms with Crippen molar-refractivity contribution in [1.29, 1.82) is 0 Å². The van der Waals surface area contributed by atoms with Crippen molar-refractivity contribution >= 4 is 12.0 Å². The van der Waals surface area contributed by atoms with E-state index >= 15 is 0 Å². The van der Waals surface area contributed by atoms with E-state index in [1.807, 2.05) is 0 Å². The summed E-state index contributed by atoms with van der Waals surface area (Å²) in [5.41, 5.74) is 4.66. The predicted octanol–water partition coefficient (Wildman–Crippen LogP) is 0.764. The SMILES string of the molecule is C=CCNC(=O)O.CC/C=C(\O)C(N)=O.